The second-order valence-corrected chi connectivity index (χ2v) is 3.32. The van der Waals surface area contributed by atoms with Crippen LogP contribution in [0, 0.1) is 0 Å². The van der Waals surface area contributed by atoms with Crippen molar-refractivity contribution in [1.82, 2.24) is 0 Å². The molecule has 0 nitrogen and oxygen atoms in total. The van der Waals surface area contributed by atoms with Crippen LogP contribution in [0.4, 0.5) is 0 Å². The van der Waals surface area contributed by atoms with Crippen LogP contribution in [0.2, 0.25) is 0 Å². The fraction of sp³-hybridized carbons (Fsp3) is 0.333. The second-order valence-electron chi connectivity index (χ2n) is 2.18. The second kappa shape index (κ2) is 3.67. The van der Waals surface area contributed by atoms with Crippen molar-refractivity contribution in [3.05, 3.63) is 35.3 Å². The summed E-state index contributed by atoms with van der Waals surface area (Å²) >= 11 is 1.94. The predicted octanol–water partition coefficient (Wildman–Crippen LogP) is 3.14. The molecule has 0 atom stereocenters. The third kappa shape index (κ3) is 1.54. The van der Waals surface area contributed by atoms with Crippen LogP contribution in [0.3, 0.4) is 0 Å². The van der Waals surface area contributed by atoms with Crippen molar-refractivity contribution < 1.29 is 0 Å². The molecule has 1 heteroatoms. The summed E-state index contributed by atoms with van der Waals surface area (Å²) in [6.45, 7) is 5.77. The molecular weight excluding hydrogens is 140 g/mol. The molecule has 0 saturated carbocycles. The van der Waals surface area contributed by atoms with E-state index in [0.717, 1.165) is 0 Å². The molecule has 1 fully saturated rings. The van der Waals surface area contributed by atoms with Gasteiger partial charge < -0.3 is 0 Å². The van der Waals surface area contributed by atoms with Crippen LogP contribution < -0.4 is 0 Å². The molecule has 0 amide bonds. The fourth-order valence-electron chi connectivity index (χ4n) is 1.06. The summed E-state index contributed by atoms with van der Waals surface area (Å²) in [5, 5.41) is 0. The highest BCUT2D eigenvalue weighted by Crippen LogP contribution is 2.35. The molecule has 0 aliphatic carbocycles. The van der Waals surface area contributed by atoms with Gasteiger partial charge in [-0.1, -0.05) is 24.8 Å². The van der Waals surface area contributed by atoms with Crippen molar-refractivity contribution in [2.24, 2.45) is 0 Å². The molecule has 10 heavy (non-hydrogen) atoms. The summed E-state index contributed by atoms with van der Waals surface area (Å²) in [5.41, 5.74) is 1.45. The minimum Gasteiger partial charge on any atom is -0.126 e. The largest absolute Gasteiger partial charge is 0.126 e. The summed E-state index contributed by atoms with van der Waals surface area (Å²) < 4.78 is 0. The molecule has 1 heterocycles. The number of hydrogen-bond acceptors (Lipinski definition) is 1. The smallest absolute Gasteiger partial charge is 0.00617 e. The average Bonchev–Trinajstić information content (AvgIpc) is 2.36. The van der Waals surface area contributed by atoms with E-state index in [-0.39, 0.29) is 0 Å². The maximum atomic E-state index is 3.68. The van der Waals surface area contributed by atoms with Crippen LogP contribution in [0.5, 0.6) is 0 Å². The number of hydrogen-bond donors (Lipinski definition) is 0. The zero-order valence-corrected chi connectivity index (χ0v) is 7.08. The first-order valence-corrected chi connectivity index (χ1v) is 4.48. The Labute approximate surface area is 66.7 Å². The predicted molar refractivity (Wildman–Crippen MR) is 49.1 cm³/mol. The van der Waals surface area contributed by atoms with Gasteiger partial charge in [-0.3, -0.25) is 0 Å². The Morgan fingerprint density at radius 1 is 1.60 bits per heavy atom. The first-order valence-electron chi connectivity index (χ1n) is 3.49. The number of rotatable bonds is 1. The van der Waals surface area contributed by atoms with Crippen molar-refractivity contribution in [1.29, 1.82) is 0 Å². The summed E-state index contributed by atoms with van der Waals surface area (Å²) in [6.07, 6.45) is 7.35. The molecule has 0 aromatic heterocycles. The third-order valence-electron chi connectivity index (χ3n) is 1.53. The third-order valence-corrected chi connectivity index (χ3v) is 2.74. The highest BCUT2D eigenvalue weighted by molar-refractivity contribution is 8.03. The Bertz CT molecular complexity index is 187. The van der Waals surface area contributed by atoms with Crippen molar-refractivity contribution >= 4 is 11.8 Å². The van der Waals surface area contributed by atoms with Gasteiger partial charge in [0.2, 0.25) is 0 Å². The first-order chi connectivity index (χ1) is 4.88. The molecule has 0 aromatic carbocycles. The summed E-state index contributed by atoms with van der Waals surface area (Å²) in [5.74, 6) is 1.24. The van der Waals surface area contributed by atoms with E-state index in [2.05, 4.69) is 25.7 Å². The lowest BCUT2D eigenvalue weighted by Gasteiger charge is -1.94. The van der Waals surface area contributed by atoms with E-state index in [1.807, 2.05) is 17.8 Å². The maximum absolute atomic E-state index is 3.68. The molecular formula is C9H12S. The standard InChI is InChI=1S/C9H12S/c1-3-5-8-6-7-10-9(8)4-2/h3-5H,1,6-7H2,2H3. The molecule has 54 valence electrons. The molecule has 1 aliphatic heterocycles. The fourth-order valence-corrected chi connectivity index (χ4v) is 2.13. The molecule has 1 saturated heterocycles. The van der Waals surface area contributed by atoms with E-state index in [0.29, 0.717) is 0 Å². The summed E-state index contributed by atoms with van der Waals surface area (Å²) in [6, 6.07) is 0. The van der Waals surface area contributed by atoms with Gasteiger partial charge in [-0.15, -0.1) is 11.8 Å². The van der Waals surface area contributed by atoms with E-state index in [9.17, 15) is 0 Å². The Balaban J connectivity index is 2.77. The zero-order valence-electron chi connectivity index (χ0n) is 6.26. The van der Waals surface area contributed by atoms with E-state index in [1.165, 1.54) is 22.7 Å². The van der Waals surface area contributed by atoms with Crippen LogP contribution in [0.25, 0.3) is 0 Å². The lowest BCUT2D eigenvalue weighted by Crippen LogP contribution is -1.73. The Kier molecular flexibility index (Phi) is 2.82. The van der Waals surface area contributed by atoms with Gasteiger partial charge in [0.05, 0.1) is 0 Å². The van der Waals surface area contributed by atoms with E-state index < -0.39 is 0 Å². The van der Waals surface area contributed by atoms with Gasteiger partial charge in [0.1, 0.15) is 0 Å². The molecule has 0 unspecified atom stereocenters. The van der Waals surface area contributed by atoms with E-state index >= 15 is 0 Å². The Morgan fingerprint density at radius 3 is 3.00 bits per heavy atom. The maximum Gasteiger partial charge on any atom is 0.00617 e. The Morgan fingerprint density at radius 2 is 2.40 bits per heavy atom. The molecule has 1 rings (SSSR count). The summed E-state index contributed by atoms with van der Waals surface area (Å²) in [7, 11) is 0. The summed E-state index contributed by atoms with van der Waals surface area (Å²) in [4.78, 5) is 1.43. The van der Waals surface area contributed by atoms with Gasteiger partial charge in [-0.2, -0.15) is 0 Å². The van der Waals surface area contributed by atoms with Gasteiger partial charge in [0, 0.05) is 10.7 Å². The van der Waals surface area contributed by atoms with Crippen molar-refractivity contribution in [3.8, 4) is 0 Å². The van der Waals surface area contributed by atoms with Crippen LogP contribution >= 0.6 is 11.8 Å². The lowest BCUT2D eigenvalue weighted by atomic mass is 10.2. The molecule has 1 aliphatic rings. The molecule has 0 N–H and O–H groups in total. The Hall–Kier alpha value is -0.430. The quantitative estimate of drug-likeness (QED) is 0.556. The highest BCUT2D eigenvalue weighted by Gasteiger charge is 2.11. The van der Waals surface area contributed by atoms with Crippen molar-refractivity contribution in [2.45, 2.75) is 13.3 Å². The van der Waals surface area contributed by atoms with Crippen LogP contribution in [-0.4, -0.2) is 5.75 Å². The number of allylic oxidation sites excluding steroid dienone is 4. The molecule has 0 aromatic rings. The normalized spacial score (nSPS) is 26.1. The van der Waals surface area contributed by atoms with Crippen molar-refractivity contribution in [2.75, 3.05) is 5.75 Å². The van der Waals surface area contributed by atoms with Gasteiger partial charge in [0.15, 0.2) is 0 Å². The lowest BCUT2D eigenvalue weighted by molar-refractivity contribution is 1.20. The minimum absolute atomic E-state index is 1.20. The zero-order chi connectivity index (χ0) is 7.40. The van der Waals surface area contributed by atoms with Crippen LogP contribution in [-0.2, 0) is 0 Å². The minimum atomic E-state index is 1.20. The molecule has 0 bridgehead atoms. The van der Waals surface area contributed by atoms with Gasteiger partial charge in [-0.25, -0.2) is 0 Å². The van der Waals surface area contributed by atoms with E-state index in [4.69, 9.17) is 0 Å². The van der Waals surface area contributed by atoms with E-state index in [1.54, 1.807) is 0 Å². The van der Waals surface area contributed by atoms with Crippen LogP contribution in [0.1, 0.15) is 13.3 Å². The monoisotopic (exact) mass is 152 g/mol. The van der Waals surface area contributed by atoms with Gasteiger partial charge >= 0.3 is 0 Å². The molecule has 0 radical (unpaired) electrons. The van der Waals surface area contributed by atoms with Gasteiger partial charge in [0.25, 0.3) is 0 Å². The highest BCUT2D eigenvalue weighted by atomic mass is 32.2. The van der Waals surface area contributed by atoms with Crippen LogP contribution in [0.15, 0.2) is 35.3 Å². The SMILES string of the molecule is C=CC=C1CCSC1=CC. The number of thioether (sulfide) groups is 1. The van der Waals surface area contributed by atoms with Crippen molar-refractivity contribution in [3.63, 3.8) is 0 Å². The van der Waals surface area contributed by atoms with Gasteiger partial charge in [-0.05, 0) is 18.9 Å². The molecule has 0 spiro atoms. The first kappa shape index (κ1) is 7.67. The topological polar surface area (TPSA) is 0 Å². The average molecular weight is 152 g/mol.